The molecule has 1 saturated heterocycles. The Morgan fingerprint density at radius 2 is 1.98 bits per heavy atom. The molecule has 0 saturated carbocycles. The van der Waals surface area contributed by atoms with Crippen LogP contribution in [0.1, 0.15) is 11.7 Å². The van der Waals surface area contributed by atoms with Gasteiger partial charge in [0.05, 0.1) is 29.9 Å². The van der Waals surface area contributed by atoms with E-state index < -0.39 is 18.1 Å². The number of methoxy groups -OCH3 is 1. The first kappa shape index (κ1) is 29.1. The Hall–Kier alpha value is -4.91. The van der Waals surface area contributed by atoms with Crippen LogP contribution >= 0.6 is 0 Å². The predicted octanol–water partition coefficient (Wildman–Crippen LogP) is 1.43. The van der Waals surface area contributed by atoms with Crippen LogP contribution < -0.4 is 26.0 Å². The van der Waals surface area contributed by atoms with Gasteiger partial charge in [0.1, 0.15) is 18.5 Å². The Balaban J connectivity index is 1.67. The van der Waals surface area contributed by atoms with Crippen LogP contribution in [-0.2, 0) is 14.4 Å². The zero-order valence-corrected chi connectivity index (χ0v) is 23.6. The van der Waals surface area contributed by atoms with E-state index in [0.29, 0.717) is 29.4 Å². The van der Waals surface area contributed by atoms with Crippen LogP contribution in [0, 0.1) is 0 Å². The van der Waals surface area contributed by atoms with Gasteiger partial charge in [-0.25, -0.2) is 9.97 Å². The zero-order chi connectivity index (χ0) is 29.7. The van der Waals surface area contributed by atoms with Gasteiger partial charge in [-0.1, -0.05) is 12.7 Å². The number of hydrogen-bond donors (Lipinski definition) is 3. The number of anilines is 4. The number of benzene rings is 1. The van der Waals surface area contributed by atoms with Crippen molar-refractivity contribution in [2.75, 3.05) is 63.4 Å². The number of amides is 3. The first-order valence-electron chi connectivity index (χ1n) is 13.0. The SMILES string of the molecule is C=CC(=O)Nc1cc(Nc2nccc(C3C(=O)N(CC(N)=O)C4C=CC=CN34)n2)c(OC)cc1N(C)CCN(C)C. The van der Waals surface area contributed by atoms with Crippen molar-refractivity contribution < 1.29 is 19.1 Å². The Kier molecular flexibility index (Phi) is 8.87. The van der Waals surface area contributed by atoms with Crippen molar-refractivity contribution in [3.8, 4) is 5.75 Å². The lowest BCUT2D eigenvalue weighted by Crippen LogP contribution is -2.42. The van der Waals surface area contributed by atoms with Gasteiger partial charge in [0.2, 0.25) is 17.8 Å². The molecule has 13 nitrogen and oxygen atoms in total. The molecule has 4 rings (SSSR count). The molecule has 0 radical (unpaired) electrons. The van der Waals surface area contributed by atoms with Crippen molar-refractivity contribution in [3.05, 3.63) is 67.2 Å². The van der Waals surface area contributed by atoms with Crippen molar-refractivity contribution in [1.29, 1.82) is 0 Å². The molecule has 0 bridgehead atoms. The highest BCUT2D eigenvalue weighted by Crippen LogP contribution is 2.39. The number of fused-ring (bicyclic) bond motifs is 1. The molecule has 0 aliphatic carbocycles. The second-order valence-electron chi connectivity index (χ2n) is 9.84. The van der Waals surface area contributed by atoms with E-state index in [9.17, 15) is 14.4 Å². The van der Waals surface area contributed by atoms with Crippen LogP contribution in [0.25, 0.3) is 0 Å². The van der Waals surface area contributed by atoms with Gasteiger partial charge in [0.15, 0.2) is 6.04 Å². The van der Waals surface area contributed by atoms with Gasteiger partial charge in [0, 0.05) is 38.6 Å². The summed E-state index contributed by atoms with van der Waals surface area (Å²) in [5.41, 5.74) is 7.63. The second-order valence-corrected chi connectivity index (χ2v) is 9.84. The van der Waals surface area contributed by atoms with Gasteiger partial charge < -0.3 is 40.7 Å². The van der Waals surface area contributed by atoms with E-state index in [4.69, 9.17) is 10.5 Å². The number of allylic oxidation sites excluding steroid dienone is 2. The lowest BCUT2D eigenvalue weighted by Gasteiger charge is -2.28. The fourth-order valence-corrected chi connectivity index (χ4v) is 4.65. The number of carbonyl (C=O) groups is 3. The molecule has 2 atom stereocenters. The molecular weight excluding hydrogens is 526 g/mol. The maximum Gasteiger partial charge on any atom is 0.253 e. The first-order chi connectivity index (χ1) is 19.6. The topological polar surface area (TPSA) is 149 Å². The summed E-state index contributed by atoms with van der Waals surface area (Å²) in [5.74, 6) is -0.554. The van der Waals surface area contributed by atoms with E-state index >= 15 is 0 Å². The number of nitrogens with zero attached hydrogens (tertiary/aromatic N) is 6. The summed E-state index contributed by atoms with van der Waals surface area (Å²) in [6.07, 6.45) is 9.52. The van der Waals surface area contributed by atoms with Gasteiger partial charge in [-0.15, -0.1) is 0 Å². The molecule has 3 heterocycles. The second kappa shape index (κ2) is 12.5. The summed E-state index contributed by atoms with van der Waals surface area (Å²) >= 11 is 0. The lowest BCUT2D eigenvalue weighted by molar-refractivity contribution is -0.133. The van der Waals surface area contributed by atoms with E-state index in [1.165, 1.54) is 11.0 Å². The Labute approximate surface area is 238 Å². The van der Waals surface area contributed by atoms with Crippen molar-refractivity contribution >= 4 is 40.7 Å². The highest BCUT2D eigenvalue weighted by atomic mass is 16.5. The molecule has 2 aromatic rings. The van der Waals surface area contributed by atoms with Crippen LogP contribution in [0.4, 0.5) is 23.0 Å². The zero-order valence-electron chi connectivity index (χ0n) is 23.6. The maximum absolute atomic E-state index is 13.4. The largest absolute Gasteiger partial charge is 0.494 e. The average molecular weight is 562 g/mol. The standard InChI is InChI=1S/C28H35N9O4/c1-6-24(39)31-19-15-20(22(41-5)16-21(19)35(4)14-13-34(2)3)33-28-30-11-10-18(32-28)26-27(40)37(17-23(29)38)25-9-7-8-12-36(25)26/h6-12,15-16,25-26H,1,13-14,17H2,2-5H3,(H2,29,38)(H,31,39)(H,30,32,33). The smallest absolute Gasteiger partial charge is 0.253 e. The molecule has 13 heteroatoms. The van der Waals surface area contributed by atoms with Gasteiger partial charge in [-0.05, 0) is 44.5 Å². The number of hydrogen-bond acceptors (Lipinski definition) is 10. The van der Waals surface area contributed by atoms with E-state index in [-0.39, 0.29) is 24.3 Å². The average Bonchev–Trinajstić information content (AvgIpc) is 3.22. The fraction of sp³-hybridized carbons (Fsp3) is 0.321. The number of nitrogens with two attached hydrogens (primary N) is 1. The summed E-state index contributed by atoms with van der Waals surface area (Å²) < 4.78 is 5.67. The molecule has 1 aromatic heterocycles. The molecule has 3 amide bonds. The van der Waals surface area contributed by atoms with Gasteiger partial charge in [-0.2, -0.15) is 0 Å². The number of rotatable bonds is 12. The van der Waals surface area contributed by atoms with Crippen LogP contribution in [0.5, 0.6) is 5.75 Å². The van der Waals surface area contributed by atoms with Gasteiger partial charge in [-0.3, -0.25) is 14.4 Å². The quantitative estimate of drug-likeness (QED) is 0.325. The van der Waals surface area contributed by atoms with Crippen LogP contribution in [0.3, 0.4) is 0 Å². The van der Waals surface area contributed by atoms with Crippen molar-refractivity contribution in [2.24, 2.45) is 5.73 Å². The minimum absolute atomic E-state index is 0.212. The Morgan fingerprint density at radius 3 is 2.66 bits per heavy atom. The summed E-state index contributed by atoms with van der Waals surface area (Å²) in [6, 6.07) is 4.43. The monoisotopic (exact) mass is 561 g/mol. The van der Waals surface area contributed by atoms with Gasteiger partial charge in [0.25, 0.3) is 5.91 Å². The Bertz CT molecular complexity index is 1390. The summed E-state index contributed by atoms with van der Waals surface area (Å²) in [6.45, 7) is 4.85. The third kappa shape index (κ3) is 6.47. The molecule has 216 valence electrons. The summed E-state index contributed by atoms with van der Waals surface area (Å²) in [5, 5.41) is 6.03. The molecule has 1 aromatic carbocycles. The van der Waals surface area contributed by atoms with E-state index in [2.05, 4.69) is 32.1 Å². The van der Waals surface area contributed by atoms with E-state index in [0.717, 1.165) is 12.2 Å². The highest BCUT2D eigenvalue weighted by Gasteiger charge is 2.46. The van der Waals surface area contributed by atoms with Crippen molar-refractivity contribution in [1.82, 2.24) is 24.7 Å². The summed E-state index contributed by atoms with van der Waals surface area (Å²) in [4.78, 5) is 53.6. The first-order valence-corrected chi connectivity index (χ1v) is 13.0. The normalized spacial score (nSPS) is 17.4. The minimum atomic E-state index is -0.777. The number of carbonyl (C=O) groups excluding carboxylic acids is 3. The van der Waals surface area contributed by atoms with Crippen molar-refractivity contribution in [2.45, 2.75) is 12.2 Å². The maximum atomic E-state index is 13.4. The fourth-order valence-electron chi connectivity index (χ4n) is 4.65. The molecule has 2 aliphatic heterocycles. The van der Waals surface area contributed by atoms with Gasteiger partial charge >= 0.3 is 0 Å². The third-order valence-corrected chi connectivity index (χ3v) is 6.68. The molecule has 2 aliphatic rings. The highest BCUT2D eigenvalue weighted by molar-refractivity contribution is 6.02. The Morgan fingerprint density at radius 1 is 1.20 bits per heavy atom. The number of primary amides is 1. The lowest BCUT2D eigenvalue weighted by atomic mass is 10.1. The molecule has 2 unspecified atom stereocenters. The molecule has 41 heavy (non-hydrogen) atoms. The number of ether oxygens (including phenoxy) is 1. The molecular formula is C28H35N9O4. The molecule has 1 fully saturated rings. The molecule has 0 spiro atoms. The third-order valence-electron chi connectivity index (χ3n) is 6.68. The van der Waals surface area contributed by atoms with Crippen LogP contribution in [-0.4, -0.2) is 96.4 Å². The predicted molar refractivity (Wildman–Crippen MR) is 157 cm³/mol. The van der Waals surface area contributed by atoms with E-state index in [1.54, 1.807) is 31.6 Å². The number of nitrogens with one attached hydrogen (secondary N) is 2. The number of likely N-dealkylation sites (N-methyl/N-ethyl adjacent to an activating group) is 2. The van der Waals surface area contributed by atoms with Crippen LogP contribution in [0.15, 0.2) is 61.5 Å². The van der Waals surface area contributed by atoms with E-state index in [1.807, 2.05) is 55.2 Å². The summed E-state index contributed by atoms with van der Waals surface area (Å²) in [7, 11) is 7.45. The number of aromatic nitrogens is 2. The minimum Gasteiger partial charge on any atom is -0.494 e. The van der Waals surface area contributed by atoms with Crippen LogP contribution in [0.2, 0.25) is 0 Å². The molecule has 4 N–H and O–H groups in total. The van der Waals surface area contributed by atoms with Crippen molar-refractivity contribution in [3.63, 3.8) is 0 Å².